The monoisotopic (exact) mass is 99.1 g/mol. The lowest BCUT2D eigenvalue weighted by Crippen LogP contribution is -2.24. The molecule has 1 fully saturated rings. The van der Waals surface area contributed by atoms with E-state index in [9.17, 15) is 0 Å². The summed E-state index contributed by atoms with van der Waals surface area (Å²) in [5.74, 6) is 1.59. The van der Waals surface area contributed by atoms with Crippen molar-refractivity contribution in [1.29, 1.82) is 0 Å². The highest BCUT2D eigenvalue weighted by Crippen LogP contribution is 2.17. The van der Waals surface area contributed by atoms with Gasteiger partial charge in [0.05, 0.1) is 13.2 Å². The third kappa shape index (κ3) is 1.16. The van der Waals surface area contributed by atoms with E-state index in [1.165, 1.54) is 12.8 Å². The summed E-state index contributed by atoms with van der Waals surface area (Å²) in [6.07, 6.45) is 2.55. The molecule has 1 heteroatoms. The van der Waals surface area contributed by atoms with Crippen LogP contribution in [0.15, 0.2) is 0 Å². The molecule has 0 N–H and O–H groups in total. The van der Waals surface area contributed by atoms with Gasteiger partial charge in [-0.2, -0.15) is 0 Å². The van der Waals surface area contributed by atoms with E-state index in [-0.39, 0.29) is 0 Å². The molecule has 1 radical (unpaired) electrons. The van der Waals surface area contributed by atoms with E-state index in [1.54, 1.807) is 5.92 Å². The fourth-order valence-electron chi connectivity index (χ4n) is 0.744. The standard InChI is InChI=1S/C6H11O/c1-2-3-6-4-7-5-6/h2-5H2,1H3. The second kappa shape index (κ2) is 2.31. The Morgan fingerprint density at radius 3 is 2.43 bits per heavy atom. The highest BCUT2D eigenvalue weighted by Gasteiger charge is 2.16. The van der Waals surface area contributed by atoms with Crippen molar-refractivity contribution in [2.45, 2.75) is 19.8 Å². The lowest BCUT2D eigenvalue weighted by molar-refractivity contribution is 0.0586. The minimum atomic E-state index is 0.938. The van der Waals surface area contributed by atoms with E-state index in [1.807, 2.05) is 0 Å². The lowest BCUT2D eigenvalue weighted by atomic mass is 10.0. The van der Waals surface area contributed by atoms with Gasteiger partial charge in [0, 0.05) is 5.92 Å². The fourth-order valence-corrected chi connectivity index (χ4v) is 0.744. The molecule has 0 aliphatic carbocycles. The van der Waals surface area contributed by atoms with Crippen LogP contribution in [0.3, 0.4) is 0 Å². The Labute approximate surface area is 44.7 Å². The molecule has 0 aromatic rings. The Balaban J connectivity index is 1.93. The van der Waals surface area contributed by atoms with E-state index < -0.39 is 0 Å². The Bertz CT molecular complexity index is 48.1. The van der Waals surface area contributed by atoms with Crippen molar-refractivity contribution in [3.8, 4) is 0 Å². The van der Waals surface area contributed by atoms with Crippen LogP contribution in [-0.4, -0.2) is 13.2 Å². The highest BCUT2D eigenvalue weighted by atomic mass is 16.5. The molecule has 0 atom stereocenters. The van der Waals surface area contributed by atoms with Crippen molar-refractivity contribution >= 4 is 0 Å². The molecule has 0 saturated carbocycles. The maximum Gasteiger partial charge on any atom is 0.0551 e. The Hall–Kier alpha value is -0.0400. The van der Waals surface area contributed by atoms with E-state index >= 15 is 0 Å². The zero-order chi connectivity index (χ0) is 5.11. The van der Waals surface area contributed by atoms with Gasteiger partial charge in [-0.1, -0.05) is 13.3 Å². The van der Waals surface area contributed by atoms with Crippen molar-refractivity contribution in [3.05, 3.63) is 5.92 Å². The molecule has 0 spiro atoms. The summed E-state index contributed by atoms with van der Waals surface area (Å²) in [7, 11) is 0. The molecule has 1 rings (SSSR count). The van der Waals surface area contributed by atoms with Crippen LogP contribution in [0.5, 0.6) is 0 Å². The smallest absolute Gasteiger partial charge is 0.0551 e. The van der Waals surface area contributed by atoms with Crippen molar-refractivity contribution in [2.24, 2.45) is 0 Å². The van der Waals surface area contributed by atoms with Crippen LogP contribution in [0.25, 0.3) is 0 Å². The number of rotatable bonds is 2. The average molecular weight is 99.2 g/mol. The summed E-state index contributed by atoms with van der Waals surface area (Å²) in [5.41, 5.74) is 0. The summed E-state index contributed by atoms with van der Waals surface area (Å²) in [4.78, 5) is 0. The van der Waals surface area contributed by atoms with E-state index in [0.717, 1.165) is 13.2 Å². The Morgan fingerprint density at radius 2 is 2.29 bits per heavy atom. The van der Waals surface area contributed by atoms with Crippen molar-refractivity contribution in [2.75, 3.05) is 13.2 Å². The highest BCUT2D eigenvalue weighted by molar-refractivity contribution is 4.95. The van der Waals surface area contributed by atoms with Crippen molar-refractivity contribution in [1.82, 2.24) is 0 Å². The molecule has 1 nitrogen and oxygen atoms in total. The van der Waals surface area contributed by atoms with Crippen molar-refractivity contribution < 1.29 is 4.74 Å². The molecule has 0 unspecified atom stereocenters. The largest absolute Gasteiger partial charge is 0.380 e. The SMILES string of the molecule is CCC[C]1COC1. The van der Waals surface area contributed by atoms with Crippen LogP contribution in [0.1, 0.15) is 19.8 Å². The van der Waals surface area contributed by atoms with Gasteiger partial charge >= 0.3 is 0 Å². The van der Waals surface area contributed by atoms with Crippen LogP contribution in [0.4, 0.5) is 0 Å². The van der Waals surface area contributed by atoms with Gasteiger partial charge in [0.15, 0.2) is 0 Å². The zero-order valence-electron chi connectivity index (χ0n) is 4.74. The first-order valence-electron chi connectivity index (χ1n) is 2.85. The Morgan fingerprint density at radius 1 is 1.57 bits per heavy atom. The molecule has 1 heterocycles. The van der Waals surface area contributed by atoms with Crippen LogP contribution < -0.4 is 0 Å². The average Bonchev–Trinajstić information content (AvgIpc) is 1.55. The minimum Gasteiger partial charge on any atom is -0.380 e. The van der Waals surface area contributed by atoms with Gasteiger partial charge < -0.3 is 4.74 Å². The van der Waals surface area contributed by atoms with Gasteiger partial charge in [-0.3, -0.25) is 0 Å². The summed E-state index contributed by atoms with van der Waals surface area (Å²) in [6, 6.07) is 0. The maximum absolute atomic E-state index is 4.95. The summed E-state index contributed by atoms with van der Waals surface area (Å²) < 4.78 is 4.95. The summed E-state index contributed by atoms with van der Waals surface area (Å²) in [5, 5.41) is 0. The van der Waals surface area contributed by atoms with Crippen LogP contribution in [0, 0.1) is 5.92 Å². The number of ether oxygens (including phenoxy) is 1. The number of hydrogen-bond acceptors (Lipinski definition) is 1. The second-order valence-corrected chi connectivity index (χ2v) is 1.99. The first-order valence-corrected chi connectivity index (χ1v) is 2.85. The molecule has 1 saturated heterocycles. The van der Waals surface area contributed by atoms with Crippen LogP contribution >= 0.6 is 0 Å². The Kier molecular flexibility index (Phi) is 1.69. The molecule has 0 bridgehead atoms. The van der Waals surface area contributed by atoms with Gasteiger partial charge in [0.1, 0.15) is 0 Å². The van der Waals surface area contributed by atoms with Gasteiger partial charge in [0.2, 0.25) is 0 Å². The van der Waals surface area contributed by atoms with Gasteiger partial charge in [-0.15, -0.1) is 0 Å². The fraction of sp³-hybridized carbons (Fsp3) is 0.833. The third-order valence-corrected chi connectivity index (χ3v) is 1.22. The van der Waals surface area contributed by atoms with E-state index in [4.69, 9.17) is 4.74 Å². The molecular formula is C6H11O. The second-order valence-electron chi connectivity index (χ2n) is 1.99. The van der Waals surface area contributed by atoms with E-state index in [0.29, 0.717) is 0 Å². The summed E-state index contributed by atoms with van der Waals surface area (Å²) >= 11 is 0. The predicted molar refractivity (Wildman–Crippen MR) is 29.0 cm³/mol. The molecule has 1 aliphatic heterocycles. The first kappa shape index (κ1) is 5.10. The molecule has 7 heavy (non-hydrogen) atoms. The van der Waals surface area contributed by atoms with Gasteiger partial charge in [-0.05, 0) is 6.42 Å². The zero-order valence-corrected chi connectivity index (χ0v) is 4.74. The first-order chi connectivity index (χ1) is 3.43. The molecule has 0 aromatic heterocycles. The van der Waals surface area contributed by atoms with Crippen LogP contribution in [-0.2, 0) is 4.74 Å². The topological polar surface area (TPSA) is 9.23 Å². The molecule has 0 amide bonds. The quantitative estimate of drug-likeness (QED) is 0.508. The normalized spacial score (nSPS) is 21.9. The third-order valence-electron chi connectivity index (χ3n) is 1.22. The van der Waals surface area contributed by atoms with Gasteiger partial charge in [0.25, 0.3) is 0 Å². The molecular weight excluding hydrogens is 88.1 g/mol. The lowest BCUT2D eigenvalue weighted by Gasteiger charge is -2.24. The molecule has 0 aromatic carbocycles. The summed E-state index contributed by atoms with van der Waals surface area (Å²) in [6.45, 7) is 4.08. The van der Waals surface area contributed by atoms with Crippen LogP contribution in [0.2, 0.25) is 0 Å². The van der Waals surface area contributed by atoms with E-state index in [2.05, 4.69) is 6.92 Å². The molecule has 1 aliphatic rings. The minimum absolute atomic E-state index is 0.938. The number of hydrogen-bond donors (Lipinski definition) is 0. The predicted octanol–water partition coefficient (Wildman–Crippen LogP) is 1.39. The van der Waals surface area contributed by atoms with Crippen molar-refractivity contribution in [3.63, 3.8) is 0 Å². The van der Waals surface area contributed by atoms with Gasteiger partial charge in [-0.25, -0.2) is 0 Å². The molecule has 41 valence electrons. The maximum atomic E-state index is 4.95.